The van der Waals surface area contributed by atoms with E-state index in [1.807, 2.05) is 4.90 Å². The Kier molecular flexibility index (Phi) is 6.68. The van der Waals surface area contributed by atoms with E-state index >= 15 is 0 Å². The molecule has 32 heavy (non-hydrogen) atoms. The van der Waals surface area contributed by atoms with Gasteiger partial charge in [-0.25, -0.2) is 4.39 Å². The summed E-state index contributed by atoms with van der Waals surface area (Å²) in [5.41, 5.74) is 1.23. The molecular formula is C24H26FN3O4. The summed E-state index contributed by atoms with van der Waals surface area (Å²) in [5, 5.41) is 4.05. The summed E-state index contributed by atoms with van der Waals surface area (Å²) in [4.78, 5) is 19.4. The topological polar surface area (TPSA) is 77.7 Å². The van der Waals surface area contributed by atoms with Crippen LogP contribution in [0.3, 0.4) is 0 Å². The Balaban J connectivity index is 1.36. The normalized spacial score (nSPS) is 16.1. The number of amides is 1. The highest BCUT2D eigenvalue weighted by Gasteiger charge is 2.26. The summed E-state index contributed by atoms with van der Waals surface area (Å²) in [6.45, 7) is 1.40. The van der Waals surface area contributed by atoms with E-state index < -0.39 is 0 Å². The Hall–Kier alpha value is -3.42. The van der Waals surface area contributed by atoms with E-state index in [9.17, 15) is 9.18 Å². The number of halogens is 1. The van der Waals surface area contributed by atoms with Gasteiger partial charge < -0.3 is 18.9 Å². The van der Waals surface area contributed by atoms with Crippen molar-refractivity contribution in [2.75, 3.05) is 27.3 Å². The minimum absolute atomic E-state index is 0.0349. The van der Waals surface area contributed by atoms with Gasteiger partial charge in [-0.1, -0.05) is 5.16 Å². The lowest BCUT2D eigenvalue weighted by Gasteiger charge is -2.33. The molecule has 1 aliphatic rings. The maximum Gasteiger partial charge on any atom is 0.257 e. The molecule has 168 valence electrons. The Morgan fingerprint density at radius 3 is 2.75 bits per heavy atom. The van der Waals surface area contributed by atoms with E-state index in [-0.39, 0.29) is 11.7 Å². The number of methoxy groups -OCH3 is 2. The van der Waals surface area contributed by atoms with Crippen LogP contribution in [0.5, 0.6) is 11.5 Å². The highest BCUT2D eigenvalue weighted by molar-refractivity contribution is 5.97. The molecule has 1 saturated heterocycles. The number of aromatic nitrogens is 2. The van der Waals surface area contributed by atoms with Crippen molar-refractivity contribution < 1.29 is 23.2 Å². The van der Waals surface area contributed by atoms with Crippen LogP contribution in [0.1, 0.15) is 35.4 Å². The van der Waals surface area contributed by atoms with E-state index in [4.69, 9.17) is 14.0 Å². The molecule has 2 aromatic carbocycles. The molecule has 4 rings (SSSR count). The summed E-state index contributed by atoms with van der Waals surface area (Å²) in [6.07, 6.45) is 3.50. The number of rotatable bonds is 7. The van der Waals surface area contributed by atoms with Gasteiger partial charge >= 0.3 is 0 Å². The highest BCUT2D eigenvalue weighted by atomic mass is 19.1. The van der Waals surface area contributed by atoms with Crippen molar-refractivity contribution in [3.05, 3.63) is 59.7 Å². The second-order valence-electron chi connectivity index (χ2n) is 7.89. The molecular weight excluding hydrogens is 413 g/mol. The predicted molar refractivity (Wildman–Crippen MR) is 116 cm³/mol. The van der Waals surface area contributed by atoms with Crippen molar-refractivity contribution in [2.24, 2.45) is 5.92 Å². The lowest BCUT2D eigenvalue weighted by atomic mass is 9.92. The Morgan fingerprint density at radius 1 is 1.19 bits per heavy atom. The summed E-state index contributed by atoms with van der Waals surface area (Å²) >= 11 is 0. The van der Waals surface area contributed by atoms with E-state index in [1.54, 1.807) is 44.6 Å². The lowest BCUT2D eigenvalue weighted by Crippen LogP contribution is -2.40. The summed E-state index contributed by atoms with van der Waals surface area (Å²) in [7, 11) is 3.13. The largest absolute Gasteiger partial charge is 0.497 e. The predicted octanol–water partition coefficient (Wildman–Crippen LogP) is 4.38. The van der Waals surface area contributed by atoms with Gasteiger partial charge in [-0.2, -0.15) is 4.98 Å². The molecule has 1 fully saturated rings. The summed E-state index contributed by atoms with van der Waals surface area (Å²) < 4.78 is 29.0. The van der Waals surface area contributed by atoms with Gasteiger partial charge in [0.05, 0.1) is 19.8 Å². The molecule has 3 aromatic rings. The first kappa shape index (κ1) is 21.8. The summed E-state index contributed by atoms with van der Waals surface area (Å²) in [5.74, 6) is 2.16. The zero-order chi connectivity index (χ0) is 22.5. The average Bonchev–Trinajstić information content (AvgIpc) is 3.31. The van der Waals surface area contributed by atoms with E-state index in [1.165, 1.54) is 12.1 Å². The number of aryl methyl sites for hydroxylation is 1. The zero-order valence-corrected chi connectivity index (χ0v) is 18.2. The number of likely N-dealkylation sites (tertiary alicyclic amines) is 1. The third kappa shape index (κ3) is 4.90. The maximum atomic E-state index is 13.1. The second kappa shape index (κ2) is 9.80. The molecule has 1 amide bonds. The van der Waals surface area contributed by atoms with E-state index in [0.717, 1.165) is 25.8 Å². The molecule has 8 heteroatoms. The van der Waals surface area contributed by atoms with Crippen molar-refractivity contribution in [3.8, 4) is 23.0 Å². The van der Waals surface area contributed by atoms with Crippen LogP contribution in [0.4, 0.5) is 4.39 Å². The number of nitrogens with zero attached hydrogens (tertiary/aromatic N) is 3. The maximum absolute atomic E-state index is 13.1. The van der Waals surface area contributed by atoms with Crippen LogP contribution in [-0.2, 0) is 6.42 Å². The van der Waals surface area contributed by atoms with Crippen molar-refractivity contribution in [1.29, 1.82) is 0 Å². The first-order chi connectivity index (χ1) is 15.6. The van der Waals surface area contributed by atoms with Crippen LogP contribution in [0, 0.1) is 11.7 Å². The van der Waals surface area contributed by atoms with Crippen molar-refractivity contribution in [1.82, 2.24) is 15.0 Å². The standard InChI is InChI=1S/C24H26FN3O4/c1-30-19-10-11-20(21(14-19)31-2)24(29)28-13-3-4-16(15-28)5-12-22-26-23(32-27-22)17-6-8-18(25)9-7-17/h6-11,14,16H,3-5,12-13,15H2,1-2H3. The molecule has 1 unspecified atom stereocenters. The van der Waals surface area contributed by atoms with E-state index in [0.29, 0.717) is 53.2 Å². The lowest BCUT2D eigenvalue weighted by molar-refractivity contribution is 0.0664. The number of carbonyl (C=O) groups excluding carboxylic acids is 1. The van der Waals surface area contributed by atoms with Crippen LogP contribution in [0.25, 0.3) is 11.5 Å². The van der Waals surface area contributed by atoms with Gasteiger partial charge in [-0.05, 0) is 61.6 Å². The van der Waals surface area contributed by atoms with Crippen LogP contribution >= 0.6 is 0 Å². The SMILES string of the molecule is COc1ccc(C(=O)N2CCCC(CCc3noc(-c4ccc(F)cc4)n3)C2)c(OC)c1. The van der Waals surface area contributed by atoms with Gasteiger partial charge in [-0.3, -0.25) is 4.79 Å². The fraction of sp³-hybridized carbons (Fsp3) is 0.375. The molecule has 1 aliphatic heterocycles. The highest BCUT2D eigenvalue weighted by Crippen LogP contribution is 2.28. The zero-order valence-electron chi connectivity index (χ0n) is 18.2. The number of ether oxygens (including phenoxy) is 2. The first-order valence-corrected chi connectivity index (χ1v) is 10.7. The monoisotopic (exact) mass is 439 g/mol. The smallest absolute Gasteiger partial charge is 0.257 e. The minimum atomic E-state index is -0.308. The molecule has 0 bridgehead atoms. The van der Waals surface area contributed by atoms with Crippen molar-refractivity contribution in [2.45, 2.75) is 25.7 Å². The molecule has 1 aromatic heterocycles. The van der Waals surface area contributed by atoms with Crippen LogP contribution in [-0.4, -0.2) is 48.3 Å². The Labute approximate surface area is 186 Å². The second-order valence-corrected chi connectivity index (χ2v) is 7.89. The molecule has 0 radical (unpaired) electrons. The van der Waals surface area contributed by atoms with Crippen molar-refractivity contribution >= 4 is 5.91 Å². The van der Waals surface area contributed by atoms with E-state index in [2.05, 4.69) is 10.1 Å². The van der Waals surface area contributed by atoms with Gasteiger partial charge in [0.1, 0.15) is 17.3 Å². The fourth-order valence-corrected chi connectivity index (χ4v) is 4.03. The van der Waals surface area contributed by atoms with Gasteiger partial charge in [0.2, 0.25) is 0 Å². The van der Waals surface area contributed by atoms with Crippen LogP contribution in [0.2, 0.25) is 0 Å². The number of piperidine rings is 1. The molecule has 0 saturated carbocycles. The minimum Gasteiger partial charge on any atom is -0.497 e. The molecule has 2 heterocycles. The molecule has 0 aliphatic carbocycles. The molecule has 7 nitrogen and oxygen atoms in total. The molecule has 0 N–H and O–H groups in total. The third-order valence-corrected chi connectivity index (χ3v) is 5.78. The quantitative estimate of drug-likeness (QED) is 0.544. The van der Waals surface area contributed by atoms with Gasteiger partial charge in [0.25, 0.3) is 11.8 Å². The van der Waals surface area contributed by atoms with Crippen molar-refractivity contribution in [3.63, 3.8) is 0 Å². The Bertz CT molecular complexity index is 1070. The van der Waals surface area contributed by atoms with Gasteiger partial charge in [0, 0.05) is 31.1 Å². The third-order valence-electron chi connectivity index (χ3n) is 5.78. The average molecular weight is 439 g/mol. The number of hydrogen-bond donors (Lipinski definition) is 0. The summed E-state index contributed by atoms with van der Waals surface area (Å²) in [6, 6.07) is 11.2. The number of benzene rings is 2. The molecule has 1 atom stereocenters. The fourth-order valence-electron chi connectivity index (χ4n) is 4.03. The van der Waals surface area contributed by atoms with Gasteiger partial charge in [-0.15, -0.1) is 0 Å². The molecule has 0 spiro atoms. The first-order valence-electron chi connectivity index (χ1n) is 10.7. The Morgan fingerprint density at radius 2 is 2.00 bits per heavy atom. The van der Waals surface area contributed by atoms with Gasteiger partial charge in [0.15, 0.2) is 5.82 Å². The van der Waals surface area contributed by atoms with Crippen LogP contribution < -0.4 is 9.47 Å². The number of carbonyl (C=O) groups is 1. The number of hydrogen-bond acceptors (Lipinski definition) is 6. The van der Waals surface area contributed by atoms with Crippen LogP contribution in [0.15, 0.2) is 47.0 Å².